The molecule has 7 heteroatoms. The minimum absolute atomic E-state index is 0.0919. The van der Waals surface area contributed by atoms with Crippen LogP contribution in [0, 0.1) is 0 Å². The van der Waals surface area contributed by atoms with Crippen LogP contribution in [-0.2, 0) is 22.6 Å². The summed E-state index contributed by atoms with van der Waals surface area (Å²) in [5, 5.41) is 3.22. The number of carbonyl (C=O) groups is 2. The Hall–Kier alpha value is -3.61. The average molecular weight is 409 g/mol. The van der Waals surface area contributed by atoms with Crippen molar-refractivity contribution in [1.29, 1.82) is 0 Å². The monoisotopic (exact) mass is 409 g/mol. The van der Waals surface area contributed by atoms with Crippen LogP contribution in [0.1, 0.15) is 35.3 Å². The van der Waals surface area contributed by atoms with Gasteiger partial charge in [0.25, 0.3) is 5.91 Å². The summed E-state index contributed by atoms with van der Waals surface area (Å²) < 4.78 is 15.8. The van der Waals surface area contributed by atoms with Crippen molar-refractivity contribution in [1.82, 2.24) is 5.32 Å². The average Bonchev–Trinajstić information content (AvgIpc) is 2.75. The molecule has 0 aliphatic heterocycles. The van der Waals surface area contributed by atoms with Gasteiger partial charge in [-0.05, 0) is 49.2 Å². The molecule has 1 aromatic heterocycles. The summed E-state index contributed by atoms with van der Waals surface area (Å²) in [6, 6.07) is 13.5. The molecule has 0 saturated carbocycles. The van der Waals surface area contributed by atoms with Gasteiger partial charge in [0.2, 0.25) is 0 Å². The van der Waals surface area contributed by atoms with Crippen LogP contribution in [0.5, 0.6) is 5.75 Å². The molecule has 0 bridgehead atoms. The molecule has 1 heterocycles. The van der Waals surface area contributed by atoms with Gasteiger partial charge in [-0.15, -0.1) is 0 Å². The van der Waals surface area contributed by atoms with E-state index in [0.29, 0.717) is 34.5 Å². The van der Waals surface area contributed by atoms with E-state index in [1.54, 1.807) is 30.3 Å². The Labute approximate surface area is 173 Å². The third-order valence-corrected chi connectivity index (χ3v) is 4.51. The molecule has 3 aromatic rings. The van der Waals surface area contributed by atoms with Crippen LogP contribution in [0.15, 0.2) is 57.7 Å². The molecule has 1 amide bonds. The van der Waals surface area contributed by atoms with E-state index in [-0.39, 0.29) is 13.2 Å². The van der Waals surface area contributed by atoms with E-state index < -0.39 is 17.5 Å². The summed E-state index contributed by atoms with van der Waals surface area (Å²) in [7, 11) is 0. The van der Waals surface area contributed by atoms with Crippen molar-refractivity contribution in [2.75, 3.05) is 13.2 Å². The molecule has 0 spiro atoms. The second-order valence-electron chi connectivity index (χ2n) is 6.58. The smallest absolute Gasteiger partial charge is 0.336 e. The van der Waals surface area contributed by atoms with Crippen LogP contribution in [0.3, 0.4) is 0 Å². The lowest BCUT2D eigenvalue weighted by Crippen LogP contribution is -2.30. The molecule has 0 atom stereocenters. The van der Waals surface area contributed by atoms with Crippen molar-refractivity contribution in [3.63, 3.8) is 0 Å². The van der Waals surface area contributed by atoms with E-state index >= 15 is 0 Å². The van der Waals surface area contributed by atoms with Gasteiger partial charge < -0.3 is 19.2 Å². The van der Waals surface area contributed by atoms with Gasteiger partial charge in [-0.3, -0.25) is 9.59 Å². The Morgan fingerprint density at radius 2 is 1.80 bits per heavy atom. The number of carbonyl (C=O) groups excluding carboxylic acids is 2. The van der Waals surface area contributed by atoms with Crippen LogP contribution < -0.4 is 15.7 Å². The van der Waals surface area contributed by atoms with Crippen LogP contribution in [0.25, 0.3) is 11.0 Å². The SMILES string of the molecule is CCOc1ccc(C(=O)NCC(=O)OCc2cc(=O)oc3cc(CC)ccc23)cc1. The van der Waals surface area contributed by atoms with E-state index in [4.69, 9.17) is 13.9 Å². The van der Waals surface area contributed by atoms with Crippen LogP contribution in [0.4, 0.5) is 0 Å². The number of rotatable bonds is 8. The molecular weight excluding hydrogens is 386 g/mol. The highest BCUT2D eigenvalue weighted by atomic mass is 16.5. The molecule has 2 aromatic carbocycles. The first-order chi connectivity index (χ1) is 14.5. The molecule has 0 radical (unpaired) electrons. The van der Waals surface area contributed by atoms with Gasteiger partial charge >= 0.3 is 11.6 Å². The summed E-state index contributed by atoms with van der Waals surface area (Å²) >= 11 is 0. The van der Waals surface area contributed by atoms with Crippen LogP contribution in [0.2, 0.25) is 0 Å². The molecule has 1 N–H and O–H groups in total. The standard InChI is InChI=1S/C23H23NO6/c1-3-15-5-10-19-17(12-21(25)30-20(19)11-15)14-29-22(26)13-24-23(27)16-6-8-18(9-7-16)28-4-2/h5-12H,3-4,13-14H2,1-2H3,(H,24,27). The number of fused-ring (bicyclic) bond motifs is 1. The third-order valence-electron chi connectivity index (χ3n) is 4.51. The van der Waals surface area contributed by atoms with E-state index in [9.17, 15) is 14.4 Å². The van der Waals surface area contributed by atoms with E-state index in [1.807, 2.05) is 26.0 Å². The van der Waals surface area contributed by atoms with Gasteiger partial charge in [0.15, 0.2) is 0 Å². The Kier molecular flexibility index (Phi) is 6.85. The lowest BCUT2D eigenvalue weighted by atomic mass is 10.1. The minimum Gasteiger partial charge on any atom is -0.494 e. The highest BCUT2D eigenvalue weighted by Crippen LogP contribution is 2.20. The Bertz CT molecular complexity index is 1100. The molecule has 0 aliphatic carbocycles. The molecule has 156 valence electrons. The molecule has 0 saturated heterocycles. The molecule has 0 aliphatic rings. The molecular formula is C23H23NO6. The lowest BCUT2D eigenvalue weighted by Gasteiger charge is -2.09. The fraction of sp³-hybridized carbons (Fsp3) is 0.261. The number of hydrogen-bond donors (Lipinski definition) is 1. The lowest BCUT2D eigenvalue weighted by molar-refractivity contribution is -0.143. The highest BCUT2D eigenvalue weighted by molar-refractivity contribution is 5.96. The van der Waals surface area contributed by atoms with E-state index in [2.05, 4.69) is 5.32 Å². The van der Waals surface area contributed by atoms with E-state index in [0.717, 1.165) is 12.0 Å². The summed E-state index contributed by atoms with van der Waals surface area (Å²) in [6.07, 6.45) is 0.812. The summed E-state index contributed by atoms with van der Waals surface area (Å²) in [5.41, 5.74) is 1.94. The number of ether oxygens (including phenoxy) is 2. The Morgan fingerprint density at radius 1 is 1.03 bits per heavy atom. The number of hydrogen-bond acceptors (Lipinski definition) is 6. The maximum atomic E-state index is 12.2. The maximum absolute atomic E-state index is 12.2. The summed E-state index contributed by atoms with van der Waals surface area (Å²) in [4.78, 5) is 36.0. The zero-order valence-electron chi connectivity index (χ0n) is 16.9. The number of esters is 1. The van der Waals surface area contributed by atoms with Crippen molar-refractivity contribution in [2.24, 2.45) is 0 Å². The number of aryl methyl sites for hydroxylation is 1. The van der Waals surface area contributed by atoms with Gasteiger partial charge in [-0.1, -0.05) is 19.1 Å². The van der Waals surface area contributed by atoms with Gasteiger partial charge in [-0.25, -0.2) is 4.79 Å². The first-order valence-corrected chi connectivity index (χ1v) is 9.72. The van der Waals surface area contributed by atoms with Crippen LogP contribution in [-0.4, -0.2) is 25.0 Å². The van der Waals surface area contributed by atoms with Crippen molar-refractivity contribution in [2.45, 2.75) is 26.9 Å². The minimum atomic E-state index is -0.610. The highest BCUT2D eigenvalue weighted by Gasteiger charge is 2.12. The molecule has 3 rings (SSSR count). The zero-order chi connectivity index (χ0) is 21.5. The maximum Gasteiger partial charge on any atom is 0.336 e. The number of amides is 1. The summed E-state index contributed by atoms with van der Waals surface area (Å²) in [5.74, 6) is -0.340. The van der Waals surface area contributed by atoms with Gasteiger partial charge in [0.1, 0.15) is 24.5 Å². The fourth-order valence-electron chi connectivity index (χ4n) is 2.95. The summed E-state index contributed by atoms with van der Waals surface area (Å²) in [6.45, 7) is 4.04. The third kappa shape index (κ3) is 5.26. The second kappa shape index (κ2) is 9.73. The first-order valence-electron chi connectivity index (χ1n) is 9.72. The fourth-order valence-corrected chi connectivity index (χ4v) is 2.95. The number of nitrogens with one attached hydrogen (secondary N) is 1. The first kappa shape index (κ1) is 21.1. The van der Waals surface area contributed by atoms with Crippen LogP contribution >= 0.6 is 0 Å². The quantitative estimate of drug-likeness (QED) is 0.453. The van der Waals surface area contributed by atoms with Crippen molar-refractivity contribution in [3.05, 3.63) is 75.6 Å². The molecule has 30 heavy (non-hydrogen) atoms. The van der Waals surface area contributed by atoms with Gasteiger partial charge in [0, 0.05) is 22.6 Å². The molecule has 0 fully saturated rings. The van der Waals surface area contributed by atoms with Crippen molar-refractivity contribution >= 4 is 22.8 Å². The van der Waals surface area contributed by atoms with Gasteiger partial charge in [-0.2, -0.15) is 0 Å². The topological polar surface area (TPSA) is 94.8 Å². The normalized spacial score (nSPS) is 10.6. The zero-order valence-corrected chi connectivity index (χ0v) is 16.9. The van der Waals surface area contributed by atoms with Crippen molar-refractivity contribution in [3.8, 4) is 5.75 Å². The molecule has 7 nitrogen and oxygen atoms in total. The predicted octanol–water partition coefficient (Wildman–Crippen LogP) is 3.23. The number of benzene rings is 2. The Balaban J connectivity index is 1.58. The molecule has 0 unspecified atom stereocenters. The largest absolute Gasteiger partial charge is 0.494 e. The van der Waals surface area contributed by atoms with Crippen molar-refractivity contribution < 1.29 is 23.5 Å². The second-order valence-corrected chi connectivity index (χ2v) is 6.58. The van der Waals surface area contributed by atoms with E-state index in [1.165, 1.54) is 6.07 Å². The Morgan fingerprint density at radius 3 is 2.50 bits per heavy atom. The predicted molar refractivity (Wildman–Crippen MR) is 112 cm³/mol. The van der Waals surface area contributed by atoms with Gasteiger partial charge in [0.05, 0.1) is 6.61 Å².